The maximum atomic E-state index is 15.8. The smallest absolute Gasteiger partial charge is 0.337 e. The molecule has 1 aliphatic rings. The lowest BCUT2D eigenvalue weighted by Crippen LogP contribution is -2.28. The molecule has 6 aromatic rings. The molecule has 1 aliphatic heterocycles. The molecule has 0 unspecified atom stereocenters. The van der Waals surface area contributed by atoms with Crippen molar-refractivity contribution >= 4 is 27.9 Å². The lowest BCUT2D eigenvalue weighted by molar-refractivity contribution is -0.160. The number of aryl methyl sites for hydroxylation is 3. The number of aromatic nitrogens is 5. The van der Waals surface area contributed by atoms with Crippen LogP contribution in [0.3, 0.4) is 0 Å². The molecule has 0 spiro atoms. The first-order chi connectivity index (χ1) is 22.8. The highest BCUT2D eigenvalue weighted by Gasteiger charge is 2.34. The maximum Gasteiger partial charge on any atom is 0.337 e. The van der Waals surface area contributed by atoms with Crippen molar-refractivity contribution in [2.24, 2.45) is 14.1 Å². The van der Waals surface area contributed by atoms with Gasteiger partial charge < -0.3 is 19.1 Å². The summed E-state index contributed by atoms with van der Waals surface area (Å²) >= 11 is 0. The topological polar surface area (TPSA) is 104 Å². The van der Waals surface area contributed by atoms with Crippen molar-refractivity contribution in [1.29, 1.82) is 0 Å². The van der Waals surface area contributed by atoms with Gasteiger partial charge in [-0.25, -0.2) is 14.2 Å². The van der Waals surface area contributed by atoms with Crippen LogP contribution in [0.2, 0.25) is 0 Å². The van der Waals surface area contributed by atoms with Gasteiger partial charge in [0.25, 0.3) is 0 Å². The fourth-order valence-electron chi connectivity index (χ4n) is 6.90. The molecule has 0 saturated carbocycles. The Morgan fingerprint density at radius 1 is 1.08 bits per heavy atom. The van der Waals surface area contributed by atoms with Crippen LogP contribution in [-0.2, 0) is 30.0 Å². The van der Waals surface area contributed by atoms with Crippen molar-refractivity contribution in [3.05, 3.63) is 83.1 Å². The van der Waals surface area contributed by atoms with E-state index in [1.54, 1.807) is 13.1 Å². The molecule has 0 fully saturated rings. The van der Waals surface area contributed by atoms with Crippen molar-refractivity contribution < 1.29 is 23.8 Å². The van der Waals surface area contributed by atoms with Crippen LogP contribution in [0.4, 0.5) is 4.39 Å². The maximum absolute atomic E-state index is 15.8. The summed E-state index contributed by atoms with van der Waals surface area (Å²) in [6.07, 6.45) is 3.71. The van der Waals surface area contributed by atoms with E-state index in [0.29, 0.717) is 46.4 Å². The number of benzene rings is 2. The van der Waals surface area contributed by atoms with E-state index in [1.807, 2.05) is 87.6 Å². The molecular formula is C38H38FN5O4. The van der Waals surface area contributed by atoms with Crippen LogP contribution in [0.25, 0.3) is 55.6 Å². The molecule has 0 radical (unpaired) electrons. The summed E-state index contributed by atoms with van der Waals surface area (Å²) < 4.78 is 31.6. The number of rotatable bonds is 6. The Bertz CT molecular complexity index is 2260. The second kappa shape index (κ2) is 11.6. The standard InChI is InChI=1S/C38H38FN5O4/c1-20-25-9-8-14-47-34(25)28(39)17-26(20)33-27-18-30(43(6)36(27)42-21(2)32(33)35(37(45)46)48-38(3,4)5)23-12-13-40-29(15-23)22-10-11-24-19-41-44(7)31(24)16-22/h10-13,15-19,35H,8-9,14H2,1-7H3,(H,45,46)/t35-/m0/s1. The average Bonchev–Trinajstić information content (AvgIpc) is 3.59. The minimum absolute atomic E-state index is 0.272. The van der Waals surface area contributed by atoms with E-state index in [2.05, 4.69) is 16.1 Å². The Morgan fingerprint density at radius 3 is 2.62 bits per heavy atom. The summed E-state index contributed by atoms with van der Waals surface area (Å²) in [5.74, 6) is -1.34. The van der Waals surface area contributed by atoms with Gasteiger partial charge in [0.15, 0.2) is 17.7 Å². The molecule has 1 atom stereocenters. The molecular weight excluding hydrogens is 609 g/mol. The Labute approximate surface area is 278 Å². The molecule has 48 heavy (non-hydrogen) atoms. The summed E-state index contributed by atoms with van der Waals surface area (Å²) in [4.78, 5) is 22.6. The summed E-state index contributed by atoms with van der Waals surface area (Å²) in [6.45, 7) is 9.65. The van der Waals surface area contributed by atoms with E-state index in [1.165, 1.54) is 6.07 Å². The highest BCUT2D eigenvalue weighted by Crippen LogP contribution is 2.45. The monoisotopic (exact) mass is 647 g/mol. The number of ether oxygens (including phenoxy) is 2. The first-order valence-corrected chi connectivity index (χ1v) is 16.1. The number of fused-ring (bicyclic) bond motifs is 3. The van der Waals surface area contributed by atoms with E-state index in [-0.39, 0.29) is 5.75 Å². The quantitative estimate of drug-likeness (QED) is 0.196. The number of halogens is 1. The third kappa shape index (κ3) is 5.30. The Balaban J connectivity index is 1.49. The zero-order valence-corrected chi connectivity index (χ0v) is 28.2. The van der Waals surface area contributed by atoms with Gasteiger partial charge in [0, 0.05) is 64.6 Å². The van der Waals surface area contributed by atoms with Crippen molar-refractivity contribution in [2.45, 2.75) is 59.2 Å². The zero-order chi connectivity index (χ0) is 34.1. The van der Waals surface area contributed by atoms with Crippen LogP contribution in [-0.4, -0.2) is 47.6 Å². The summed E-state index contributed by atoms with van der Waals surface area (Å²) in [5, 5.41) is 16.7. The number of carbonyl (C=O) groups is 1. The SMILES string of the molecule is Cc1nc2c(cc(-c3ccnc(-c4ccc5cnn(C)c5c4)c3)n2C)c(-c2cc(F)c3c(c2C)CCCO3)c1[C@H](OC(C)(C)C)C(=O)O. The first-order valence-electron chi connectivity index (χ1n) is 16.1. The van der Waals surface area contributed by atoms with Crippen molar-refractivity contribution in [1.82, 2.24) is 24.3 Å². The number of hydrogen-bond acceptors (Lipinski definition) is 6. The summed E-state index contributed by atoms with van der Waals surface area (Å²) in [7, 11) is 3.85. The molecule has 9 nitrogen and oxygen atoms in total. The Kier molecular flexibility index (Phi) is 7.58. The molecule has 7 rings (SSSR count). The van der Waals surface area contributed by atoms with Gasteiger partial charge in [0.1, 0.15) is 5.65 Å². The third-order valence-corrected chi connectivity index (χ3v) is 9.17. The molecule has 1 N–H and O–H groups in total. The second-order valence-electron chi connectivity index (χ2n) is 13.5. The third-order valence-electron chi connectivity index (χ3n) is 9.17. The molecule has 2 aromatic carbocycles. The number of carboxylic acids is 1. The number of nitrogens with zero attached hydrogens (tertiary/aromatic N) is 5. The molecule has 4 aromatic heterocycles. The minimum Gasteiger partial charge on any atom is -0.490 e. The van der Waals surface area contributed by atoms with Gasteiger partial charge >= 0.3 is 5.97 Å². The van der Waals surface area contributed by atoms with Gasteiger partial charge in [-0.1, -0.05) is 12.1 Å². The second-order valence-corrected chi connectivity index (χ2v) is 13.5. The normalized spacial score (nSPS) is 13.9. The molecule has 5 heterocycles. The van der Waals surface area contributed by atoms with Crippen LogP contribution < -0.4 is 4.74 Å². The molecule has 0 bridgehead atoms. The van der Waals surface area contributed by atoms with Crippen molar-refractivity contribution in [3.8, 4) is 39.4 Å². The molecule has 246 valence electrons. The Hall–Kier alpha value is -5.09. The van der Waals surface area contributed by atoms with Gasteiger partial charge in [-0.3, -0.25) is 9.67 Å². The van der Waals surface area contributed by atoms with E-state index in [9.17, 15) is 9.90 Å². The van der Waals surface area contributed by atoms with Crippen LogP contribution in [0.1, 0.15) is 55.7 Å². The van der Waals surface area contributed by atoms with Crippen LogP contribution in [0.5, 0.6) is 5.75 Å². The highest BCUT2D eigenvalue weighted by molar-refractivity contribution is 6.01. The number of aliphatic carboxylic acids is 1. The fraction of sp³-hybridized carbons (Fsp3) is 0.316. The lowest BCUT2D eigenvalue weighted by atomic mass is 9.86. The van der Waals surface area contributed by atoms with E-state index >= 15 is 4.39 Å². The van der Waals surface area contributed by atoms with Gasteiger partial charge in [-0.15, -0.1) is 0 Å². The van der Waals surface area contributed by atoms with E-state index in [4.69, 9.17) is 14.5 Å². The van der Waals surface area contributed by atoms with Gasteiger partial charge in [0.2, 0.25) is 0 Å². The van der Waals surface area contributed by atoms with Crippen LogP contribution in [0, 0.1) is 19.7 Å². The summed E-state index contributed by atoms with van der Waals surface area (Å²) in [6, 6.07) is 13.6. The largest absolute Gasteiger partial charge is 0.490 e. The highest BCUT2D eigenvalue weighted by atomic mass is 19.1. The van der Waals surface area contributed by atoms with Gasteiger partial charge in [0.05, 0.1) is 35.3 Å². The zero-order valence-electron chi connectivity index (χ0n) is 28.2. The van der Waals surface area contributed by atoms with Gasteiger partial charge in [-0.2, -0.15) is 5.10 Å². The number of hydrogen-bond donors (Lipinski definition) is 1. The molecule has 10 heteroatoms. The first kappa shape index (κ1) is 31.5. The molecule has 0 saturated heterocycles. The van der Waals surface area contributed by atoms with Crippen molar-refractivity contribution in [2.75, 3.05) is 6.61 Å². The van der Waals surface area contributed by atoms with E-state index in [0.717, 1.165) is 51.0 Å². The molecule has 0 amide bonds. The lowest BCUT2D eigenvalue weighted by Gasteiger charge is -2.29. The predicted molar refractivity (Wildman–Crippen MR) is 184 cm³/mol. The fourth-order valence-corrected chi connectivity index (χ4v) is 6.90. The Morgan fingerprint density at radius 2 is 1.88 bits per heavy atom. The number of carboxylic acid groups (broad SMARTS) is 1. The van der Waals surface area contributed by atoms with Crippen LogP contribution >= 0.6 is 0 Å². The summed E-state index contributed by atoms with van der Waals surface area (Å²) in [5.41, 5.74) is 8.11. The van der Waals surface area contributed by atoms with E-state index < -0.39 is 23.5 Å². The molecule has 0 aliphatic carbocycles. The minimum atomic E-state index is -1.34. The number of pyridine rings is 2. The average molecular weight is 648 g/mol. The predicted octanol–water partition coefficient (Wildman–Crippen LogP) is 7.88. The van der Waals surface area contributed by atoms with Crippen LogP contribution in [0.15, 0.2) is 54.9 Å². The van der Waals surface area contributed by atoms with Gasteiger partial charge in [-0.05, 0) is 88.9 Å². The van der Waals surface area contributed by atoms with Crippen molar-refractivity contribution in [3.63, 3.8) is 0 Å².